The van der Waals surface area contributed by atoms with Crippen molar-refractivity contribution in [3.05, 3.63) is 34.9 Å². The van der Waals surface area contributed by atoms with Crippen molar-refractivity contribution in [2.75, 3.05) is 25.5 Å². The number of rotatable bonds is 3. The number of hydrogen-bond donors (Lipinski definition) is 2. The Labute approximate surface area is 143 Å². The summed E-state index contributed by atoms with van der Waals surface area (Å²) in [6.45, 7) is 8.23. The summed E-state index contributed by atoms with van der Waals surface area (Å²) in [6, 6.07) is 6.20. The van der Waals surface area contributed by atoms with Crippen LogP contribution in [-0.2, 0) is 0 Å². The number of nitrogens with zero attached hydrogens (tertiary/aromatic N) is 3. The molecule has 0 saturated carbocycles. The molecule has 24 heavy (non-hydrogen) atoms. The molecule has 1 aliphatic heterocycles. The van der Waals surface area contributed by atoms with E-state index < -0.39 is 0 Å². The fourth-order valence-corrected chi connectivity index (χ4v) is 3.31. The van der Waals surface area contributed by atoms with Gasteiger partial charge in [0.05, 0.1) is 5.69 Å². The molecule has 1 saturated heterocycles. The molecule has 1 aliphatic rings. The van der Waals surface area contributed by atoms with Crippen LogP contribution in [0.5, 0.6) is 5.75 Å². The summed E-state index contributed by atoms with van der Waals surface area (Å²) in [5.41, 5.74) is 4.70. The molecule has 0 bridgehead atoms. The Morgan fingerprint density at radius 2 is 1.83 bits per heavy atom. The van der Waals surface area contributed by atoms with Gasteiger partial charge in [-0.05, 0) is 82.1 Å². The number of nitrogens with one attached hydrogen (secondary N) is 1. The summed E-state index contributed by atoms with van der Waals surface area (Å²) in [4.78, 5) is 2.34. The molecule has 0 aliphatic carbocycles. The van der Waals surface area contributed by atoms with E-state index in [2.05, 4.69) is 27.5 Å². The van der Waals surface area contributed by atoms with Crippen LogP contribution < -0.4 is 5.32 Å². The molecule has 3 rings (SSSR count). The minimum absolute atomic E-state index is 0.255. The van der Waals surface area contributed by atoms with Crippen molar-refractivity contribution in [2.24, 2.45) is 0 Å². The van der Waals surface area contributed by atoms with Crippen molar-refractivity contribution in [1.82, 2.24) is 15.1 Å². The van der Waals surface area contributed by atoms with E-state index in [1.165, 1.54) is 6.42 Å². The highest BCUT2D eigenvalue weighted by molar-refractivity contribution is 5.71. The van der Waals surface area contributed by atoms with E-state index in [0.29, 0.717) is 6.04 Å². The first kappa shape index (κ1) is 16.7. The topological polar surface area (TPSA) is 61.3 Å². The number of aryl methyl sites for hydroxylation is 3. The van der Waals surface area contributed by atoms with Crippen molar-refractivity contribution in [3.63, 3.8) is 0 Å². The predicted octanol–water partition coefficient (Wildman–Crippen LogP) is 3.28. The Morgan fingerprint density at radius 1 is 1.08 bits per heavy atom. The van der Waals surface area contributed by atoms with E-state index >= 15 is 0 Å². The smallest absolute Gasteiger partial charge is 0.149 e. The third-order valence-corrected chi connectivity index (χ3v) is 4.83. The van der Waals surface area contributed by atoms with Crippen LogP contribution in [0.1, 0.15) is 29.5 Å². The lowest BCUT2D eigenvalue weighted by atomic mass is 10.0. The van der Waals surface area contributed by atoms with E-state index in [4.69, 9.17) is 0 Å². The summed E-state index contributed by atoms with van der Waals surface area (Å²) in [5, 5.41) is 22.5. The largest absolute Gasteiger partial charge is 0.507 e. The van der Waals surface area contributed by atoms with Crippen LogP contribution in [0.4, 0.5) is 5.82 Å². The first-order valence-corrected chi connectivity index (χ1v) is 8.54. The van der Waals surface area contributed by atoms with Crippen molar-refractivity contribution >= 4 is 5.82 Å². The first-order valence-electron chi connectivity index (χ1n) is 8.54. The number of phenols is 1. The normalized spacial score (nSPS) is 18.6. The van der Waals surface area contributed by atoms with E-state index in [1.807, 2.05) is 32.9 Å². The third kappa shape index (κ3) is 3.51. The summed E-state index contributed by atoms with van der Waals surface area (Å²) in [7, 11) is 2.15. The number of hydrogen-bond acceptors (Lipinski definition) is 5. The van der Waals surface area contributed by atoms with Gasteiger partial charge < -0.3 is 15.3 Å². The molecule has 1 aromatic carbocycles. The van der Waals surface area contributed by atoms with Crippen LogP contribution in [0.3, 0.4) is 0 Å². The molecule has 0 spiro atoms. The number of likely N-dealkylation sites (tertiary alicyclic amines) is 1. The number of aromatic hydroxyl groups is 1. The molecule has 0 radical (unpaired) electrons. The summed E-state index contributed by atoms with van der Waals surface area (Å²) >= 11 is 0. The molecule has 0 amide bonds. The van der Waals surface area contributed by atoms with Crippen LogP contribution in [0.2, 0.25) is 0 Å². The van der Waals surface area contributed by atoms with Crippen molar-refractivity contribution in [1.29, 1.82) is 0 Å². The second-order valence-electron chi connectivity index (χ2n) is 6.96. The molecule has 1 fully saturated rings. The molecule has 5 nitrogen and oxygen atoms in total. The highest BCUT2D eigenvalue weighted by atomic mass is 16.3. The number of piperidine rings is 1. The maximum atomic E-state index is 10.3. The van der Waals surface area contributed by atoms with Gasteiger partial charge in [0.2, 0.25) is 0 Å². The lowest BCUT2D eigenvalue weighted by molar-refractivity contribution is 0.260. The molecule has 1 aromatic heterocycles. The second kappa shape index (κ2) is 6.77. The molecular weight excluding hydrogens is 300 g/mol. The minimum Gasteiger partial charge on any atom is -0.507 e. The minimum atomic E-state index is 0.255. The van der Waals surface area contributed by atoms with Crippen LogP contribution >= 0.6 is 0 Å². The Morgan fingerprint density at radius 3 is 2.54 bits per heavy atom. The average Bonchev–Trinajstić information content (AvgIpc) is 2.52. The molecule has 2 aromatic rings. The quantitative estimate of drug-likeness (QED) is 0.906. The van der Waals surface area contributed by atoms with Gasteiger partial charge in [-0.2, -0.15) is 0 Å². The number of likely N-dealkylation sites (N-methyl/N-ethyl adjacent to an activating group) is 1. The summed E-state index contributed by atoms with van der Waals surface area (Å²) < 4.78 is 0. The molecule has 2 heterocycles. The van der Waals surface area contributed by atoms with Gasteiger partial charge in [0.25, 0.3) is 0 Å². The van der Waals surface area contributed by atoms with Gasteiger partial charge in [-0.15, -0.1) is 10.2 Å². The van der Waals surface area contributed by atoms with Crippen LogP contribution in [0.15, 0.2) is 18.2 Å². The molecular formula is C19H26N4O. The van der Waals surface area contributed by atoms with Crippen molar-refractivity contribution in [2.45, 2.75) is 39.7 Å². The van der Waals surface area contributed by atoms with E-state index in [1.54, 1.807) is 6.07 Å². The number of benzene rings is 1. The fourth-order valence-electron chi connectivity index (χ4n) is 3.31. The van der Waals surface area contributed by atoms with Gasteiger partial charge in [-0.3, -0.25) is 0 Å². The Hall–Kier alpha value is -2.14. The summed E-state index contributed by atoms with van der Waals surface area (Å²) in [6.07, 6.45) is 2.36. The van der Waals surface area contributed by atoms with Gasteiger partial charge in [-0.25, -0.2) is 0 Å². The lowest BCUT2D eigenvalue weighted by Crippen LogP contribution is -2.39. The van der Waals surface area contributed by atoms with E-state index in [-0.39, 0.29) is 5.75 Å². The number of phenolic OH excluding ortho intramolecular Hbond substituents is 1. The third-order valence-electron chi connectivity index (χ3n) is 4.83. The molecule has 1 atom stereocenters. The molecule has 5 heteroatoms. The van der Waals surface area contributed by atoms with E-state index in [9.17, 15) is 5.11 Å². The highest BCUT2D eigenvalue weighted by Crippen LogP contribution is 2.32. The number of aromatic nitrogens is 2. The zero-order valence-corrected chi connectivity index (χ0v) is 14.9. The Balaban J connectivity index is 1.84. The highest BCUT2D eigenvalue weighted by Gasteiger charge is 2.18. The molecule has 2 N–H and O–H groups in total. The zero-order valence-electron chi connectivity index (χ0n) is 14.9. The Kier molecular flexibility index (Phi) is 4.71. The first-order chi connectivity index (χ1) is 11.4. The van der Waals surface area contributed by atoms with Gasteiger partial charge in [0.1, 0.15) is 11.6 Å². The van der Waals surface area contributed by atoms with Crippen LogP contribution in [0, 0.1) is 20.8 Å². The monoisotopic (exact) mass is 326 g/mol. The predicted molar refractivity (Wildman–Crippen MR) is 97.5 cm³/mol. The number of anilines is 1. The fraction of sp³-hybridized carbons (Fsp3) is 0.474. The lowest BCUT2D eigenvalue weighted by Gasteiger charge is -2.30. The summed E-state index contributed by atoms with van der Waals surface area (Å²) in [5.74, 6) is 1.06. The van der Waals surface area contributed by atoms with Gasteiger partial charge in [-0.1, -0.05) is 0 Å². The maximum Gasteiger partial charge on any atom is 0.149 e. The SMILES string of the molecule is Cc1cc(O)c(-c2nnc(N[C@@H]3CCCN(C)C3)cc2C)cc1C. The van der Waals surface area contributed by atoms with Gasteiger partial charge >= 0.3 is 0 Å². The average molecular weight is 326 g/mol. The van der Waals surface area contributed by atoms with Gasteiger partial charge in [0.15, 0.2) is 0 Å². The molecule has 128 valence electrons. The maximum absolute atomic E-state index is 10.3. The Bertz CT molecular complexity index is 744. The van der Waals surface area contributed by atoms with Crippen molar-refractivity contribution < 1.29 is 5.11 Å². The van der Waals surface area contributed by atoms with Crippen LogP contribution in [-0.4, -0.2) is 46.4 Å². The van der Waals surface area contributed by atoms with E-state index in [0.717, 1.165) is 53.3 Å². The van der Waals surface area contributed by atoms with Crippen molar-refractivity contribution in [3.8, 4) is 17.0 Å². The second-order valence-corrected chi connectivity index (χ2v) is 6.96. The molecule has 0 unspecified atom stereocenters. The van der Waals surface area contributed by atoms with Gasteiger partial charge in [0, 0.05) is 18.2 Å². The van der Waals surface area contributed by atoms with Crippen LogP contribution in [0.25, 0.3) is 11.3 Å². The standard InChI is InChI=1S/C19H26N4O/c1-12-8-16(17(24)9-13(12)2)19-14(3)10-18(21-22-19)20-15-6-5-7-23(4)11-15/h8-10,15,24H,5-7,11H2,1-4H3,(H,20,21)/t15-/m1/s1. The zero-order chi connectivity index (χ0) is 17.3.